The number of rotatable bonds is 4. The van der Waals surface area contributed by atoms with Gasteiger partial charge in [0.2, 0.25) is 0 Å². The molecule has 0 aliphatic carbocycles. The van der Waals surface area contributed by atoms with Gasteiger partial charge in [-0.3, -0.25) is 0 Å². The van der Waals surface area contributed by atoms with Crippen molar-refractivity contribution >= 4 is 22.8 Å². The number of fused-ring (bicyclic) bond motifs is 1. The van der Waals surface area contributed by atoms with Crippen molar-refractivity contribution in [2.45, 2.75) is 13.3 Å². The molecule has 0 spiro atoms. The maximum absolute atomic E-state index is 4.58. The first-order chi connectivity index (χ1) is 8.88. The minimum atomic E-state index is 0.875. The van der Waals surface area contributed by atoms with E-state index in [9.17, 15) is 0 Å². The number of hydrogen-bond acceptors (Lipinski definition) is 4. The summed E-state index contributed by atoms with van der Waals surface area (Å²) in [6, 6.07) is 8.08. The lowest BCUT2D eigenvalue weighted by Gasteiger charge is -2.04. The van der Waals surface area contributed by atoms with Crippen molar-refractivity contribution in [2.24, 2.45) is 0 Å². The van der Waals surface area contributed by atoms with Crippen LogP contribution in [-0.4, -0.2) is 21.1 Å². The van der Waals surface area contributed by atoms with Crippen LogP contribution < -0.4 is 5.32 Å². The van der Waals surface area contributed by atoms with Gasteiger partial charge in [0.05, 0.1) is 11.1 Å². The van der Waals surface area contributed by atoms with E-state index in [0.717, 1.165) is 30.1 Å². The third-order valence-corrected chi connectivity index (χ3v) is 3.58. The second-order valence-corrected chi connectivity index (χ2v) is 4.98. The Hall–Kier alpha value is -1.88. The fraction of sp³-hybridized carbons (Fsp3) is 0.231. The van der Waals surface area contributed by atoms with Gasteiger partial charge in [-0.05, 0) is 30.0 Å². The van der Waals surface area contributed by atoms with Gasteiger partial charge in [-0.1, -0.05) is 13.0 Å². The molecule has 3 rings (SSSR count). The number of nitrogens with one attached hydrogen (secondary N) is 1. The lowest BCUT2D eigenvalue weighted by atomic mass is 10.4. The smallest absolute Gasteiger partial charge is 0.154 e. The predicted octanol–water partition coefficient (Wildman–Crippen LogP) is 3.28. The average molecular weight is 258 g/mol. The first kappa shape index (κ1) is 11.2. The summed E-state index contributed by atoms with van der Waals surface area (Å²) in [7, 11) is 0. The molecule has 5 heteroatoms. The zero-order valence-electron chi connectivity index (χ0n) is 10.1. The van der Waals surface area contributed by atoms with Crippen molar-refractivity contribution in [3.63, 3.8) is 0 Å². The average Bonchev–Trinajstić information content (AvgIpc) is 3.04. The van der Waals surface area contributed by atoms with E-state index in [1.807, 2.05) is 28.9 Å². The van der Waals surface area contributed by atoms with Crippen molar-refractivity contribution in [3.05, 3.63) is 35.8 Å². The molecule has 0 atom stereocenters. The molecule has 0 fully saturated rings. The summed E-state index contributed by atoms with van der Waals surface area (Å²) in [5, 5.41) is 9.93. The molecule has 0 bridgehead atoms. The van der Waals surface area contributed by atoms with Crippen molar-refractivity contribution in [1.29, 1.82) is 0 Å². The topological polar surface area (TPSA) is 42.2 Å². The molecular weight excluding hydrogens is 244 g/mol. The Morgan fingerprint density at radius 2 is 2.28 bits per heavy atom. The summed E-state index contributed by atoms with van der Waals surface area (Å²) in [6.07, 6.45) is 2.96. The van der Waals surface area contributed by atoms with E-state index >= 15 is 0 Å². The van der Waals surface area contributed by atoms with Gasteiger partial charge in [-0.2, -0.15) is 0 Å². The zero-order valence-corrected chi connectivity index (χ0v) is 10.9. The Balaban J connectivity index is 2.05. The Kier molecular flexibility index (Phi) is 2.98. The van der Waals surface area contributed by atoms with E-state index in [-0.39, 0.29) is 0 Å². The van der Waals surface area contributed by atoms with Crippen LogP contribution in [-0.2, 0) is 0 Å². The summed E-state index contributed by atoms with van der Waals surface area (Å²) >= 11 is 1.70. The van der Waals surface area contributed by atoms with Crippen LogP contribution in [0.3, 0.4) is 0 Å². The molecule has 4 nitrogen and oxygen atoms in total. The van der Waals surface area contributed by atoms with Gasteiger partial charge in [0.1, 0.15) is 11.5 Å². The highest BCUT2D eigenvalue weighted by Gasteiger charge is 2.08. The molecule has 0 aromatic carbocycles. The summed E-state index contributed by atoms with van der Waals surface area (Å²) < 4.78 is 1.89. The fourth-order valence-corrected chi connectivity index (χ4v) is 2.53. The van der Waals surface area contributed by atoms with Crippen LogP contribution in [0.2, 0.25) is 0 Å². The van der Waals surface area contributed by atoms with Crippen LogP contribution in [0, 0.1) is 0 Å². The number of nitrogens with zero attached hydrogens (tertiary/aromatic N) is 3. The molecule has 3 heterocycles. The minimum absolute atomic E-state index is 0.875. The van der Waals surface area contributed by atoms with Crippen LogP contribution in [0.1, 0.15) is 13.3 Å². The number of anilines is 1. The summed E-state index contributed by atoms with van der Waals surface area (Å²) in [6.45, 7) is 3.07. The Morgan fingerprint density at radius 1 is 1.33 bits per heavy atom. The minimum Gasteiger partial charge on any atom is -0.369 e. The van der Waals surface area contributed by atoms with Crippen LogP contribution in [0.5, 0.6) is 0 Å². The number of thiophene rings is 1. The van der Waals surface area contributed by atoms with Gasteiger partial charge < -0.3 is 5.32 Å². The number of imidazole rings is 1. The number of hydrogen-bond donors (Lipinski definition) is 1. The highest BCUT2D eigenvalue weighted by Crippen LogP contribution is 2.25. The lowest BCUT2D eigenvalue weighted by Crippen LogP contribution is -2.04. The summed E-state index contributed by atoms with van der Waals surface area (Å²) in [4.78, 5) is 5.56. The molecule has 3 aromatic rings. The zero-order chi connectivity index (χ0) is 12.4. The van der Waals surface area contributed by atoms with E-state index in [1.165, 1.54) is 4.88 Å². The van der Waals surface area contributed by atoms with Crippen molar-refractivity contribution in [2.75, 3.05) is 11.9 Å². The second-order valence-electron chi connectivity index (χ2n) is 4.04. The first-order valence-electron chi connectivity index (χ1n) is 6.01. The molecule has 0 unspecified atom stereocenters. The van der Waals surface area contributed by atoms with Gasteiger partial charge in [-0.15, -0.1) is 16.4 Å². The third-order valence-electron chi connectivity index (χ3n) is 2.69. The summed E-state index contributed by atoms with van der Waals surface area (Å²) in [5.74, 6) is 0.889. The van der Waals surface area contributed by atoms with E-state index in [1.54, 1.807) is 11.3 Å². The monoisotopic (exact) mass is 258 g/mol. The summed E-state index contributed by atoms with van der Waals surface area (Å²) in [5.41, 5.74) is 1.92. The molecule has 0 amide bonds. The fourth-order valence-electron chi connectivity index (χ4n) is 1.81. The van der Waals surface area contributed by atoms with E-state index in [0.29, 0.717) is 0 Å². The number of aromatic nitrogens is 3. The predicted molar refractivity (Wildman–Crippen MR) is 75.1 cm³/mol. The molecule has 1 N–H and O–H groups in total. The molecule has 0 aliphatic rings. The van der Waals surface area contributed by atoms with E-state index in [4.69, 9.17) is 0 Å². The van der Waals surface area contributed by atoms with Gasteiger partial charge >= 0.3 is 0 Å². The van der Waals surface area contributed by atoms with Crippen LogP contribution in [0.15, 0.2) is 35.8 Å². The SMILES string of the molecule is CCCNc1ccc2ncc(-c3cccs3)n2n1. The second kappa shape index (κ2) is 4.78. The maximum atomic E-state index is 4.58. The Bertz CT molecular complexity index is 642. The van der Waals surface area contributed by atoms with Crippen molar-refractivity contribution in [1.82, 2.24) is 14.6 Å². The standard InChI is InChI=1S/C13H14N4S/c1-2-7-14-12-5-6-13-15-9-10(17(13)16-12)11-4-3-8-18-11/h3-6,8-9H,2,7H2,1H3,(H,14,16). The van der Waals surface area contributed by atoms with E-state index in [2.05, 4.69) is 33.8 Å². The largest absolute Gasteiger partial charge is 0.369 e. The molecule has 0 aliphatic heterocycles. The molecule has 92 valence electrons. The molecule has 0 radical (unpaired) electrons. The Morgan fingerprint density at radius 3 is 3.06 bits per heavy atom. The maximum Gasteiger partial charge on any atom is 0.154 e. The normalized spacial score (nSPS) is 10.9. The highest BCUT2D eigenvalue weighted by molar-refractivity contribution is 7.13. The van der Waals surface area contributed by atoms with Gasteiger partial charge in [0.15, 0.2) is 5.65 Å². The lowest BCUT2D eigenvalue weighted by molar-refractivity contribution is 0.911. The molecule has 3 aromatic heterocycles. The molecular formula is C13H14N4S. The molecule has 0 saturated heterocycles. The first-order valence-corrected chi connectivity index (χ1v) is 6.89. The third kappa shape index (κ3) is 1.97. The molecule has 18 heavy (non-hydrogen) atoms. The van der Waals surface area contributed by atoms with Crippen molar-refractivity contribution < 1.29 is 0 Å². The Labute approximate surface area is 109 Å². The van der Waals surface area contributed by atoms with Crippen LogP contribution in [0.25, 0.3) is 16.2 Å². The van der Waals surface area contributed by atoms with E-state index < -0.39 is 0 Å². The quantitative estimate of drug-likeness (QED) is 0.781. The van der Waals surface area contributed by atoms with Crippen LogP contribution in [0.4, 0.5) is 5.82 Å². The van der Waals surface area contributed by atoms with Gasteiger partial charge in [0.25, 0.3) is 0 Å². The van der Waals surface area contributed by atoms with Crippen molar-refractivity contribution in [3.8, 4) is 10.6 Å². The molecule has 0 saturated carbocycles. The van der Waals surface area contributed by atoms with Crippen LogP contribution >= 0.6 is 11.3 Å². The highest BCUT2D eigenvalue weighted by atomic mass is 32.1. The van der Waals surface area contributed by atoms with Gasteiger partial charge in [-0.25, -0.2) is 9.50 Å². The van der Waals surface area contributed by atoms with Gasteiger partial charge in [0, 0.05) is 6.54 Å².